The first-order chi connectivity index (χ1) is 7.18. The molecule has 2 N–H and O–H groups in total. The van der Waals surface area contributed by atoms with Gasteiger partial charge >= 0.3 is 0 Å². The van der Waals surface area contributed by atoms with Crippen molar-refractivity contribution in [2.45, 2.75) is 19.9 Å². The fourth-order valence-electron chi connectivity index (χ4n) is 1.25. The van der Waals surface area contributed by atoms with Gasteiger partial charge in [-0.2, -0.15) is 4.98 Å². The maximum Gasteiger partial charge on any atom is 0.243 e. The van der Waals surface area contributed by atoms with E-state index < -0.39 is 0 Å². The summed E-state index contributed by atoms with van der Waals surface area (Å²) in [7, 11) is 0. The topological polar surface area (TPSA) is 77.8 Å². The van der Waals surface area contributed by atoms with Crippen LogP contribution in [0.3, 0.4) is 0 Å². The van der Waals surface area contributed by atoms with E-state index in [0.717, 1.165) is 11.1 Å². The maximum atomic E-state index is 5.63. The molecule has 0 aliphatic rings. The van der Waals surface area contributed by atoms with Gasteiger partial charge in [0, 0.05) is 18.0 Å². The van der Waals surface area contributed by atoms with Crippen LogP contribution in [-0.2, 0) is 0 Å². The third-order valence-corrected chi connectivity index (χ3v) is 2.09. The fourth-order valence-corrected chi connectivity index (χ4v) is 1.25. The number of hydrogen-bond acceptors (Lipinski definition) is 5. The molecule has 0 amide bonds. The number of nitrogens with two attached hydrogens (primary N) is 1. The fraction of sp³-hybridized carbons (Fsp3) is 0.300. The predicted octanol–water partition coefficient (Wildman–Crippen LogP) is 1.46. The van der Waals surface area contributed by atoms with Gasteiger partial charge in [-0.05, 0) is 25.5 Å². The highest BCUT2D eigenvalue weighted by molar-refractivity contribution is 5.57. The molecule has 2 aromatic rings. The van der Waals surface area contributed by atoms with E-state index >= 15 is 0 Å². The third kappa shape index (κ3) is 1.87. The molecule has 0 spiro atoms. The Labute approximate surface area is 87.3 Å². The second kappa shape index (κ2) is 3.78. The summed E-state index contributed by atoms with van der Waals surface area (Å²) < 4.78 is 5.03. The van der Waals surface area contributed by atoms with Crippen molar-refractivity contribution in [3.05, 3.63) is 29.9 Å². The van der Waals surface area contributed by atoms with E-state index in [4.69, 9.17) is 10.3 Å². The number of nitrogens with zero attached hydrogens (tertiary/aromatic N) is 3. The van der Waals surface area contributed by atoms with Crippen LogP contribution in [0, 0.1) is 6.92 Å². The number of rotatable bonds is 2. The Balaban J connectivity index is 2.42. The monoisotopic (exact) mass is 204 g/mol. The van der Waals surface area contributed by atoms with Crippen molar-refractivity contribution in [2.75, 3.05) is 0 Å². The lowest BCUT2D eigenvalue weighted by molar-refractivity contribution is 0.362. The summed E-state index contributed by atoms with van der Waals surface area (Å²) in [5.74, 6) is 1.00. The number of aryl methyl sites for hydroxylation is 1. The van der Waals surface area contributed by atoms with Crippen LogP contribution in [0.15, 0.2) is 23.0 Å². The van der Waals surface area contributed by atoms with Gasteiger partial charge in [0.15, 0.2) is 0 Å². The number of aromatic nitrogens is 3. The first-order valence-corrected chi connectivity index (χ1v) is 4.68. The van der Waals surface area contributed by atoms with Gasteiger partial charge in [-0.25, -0.2) is 0 Å². The Morgan fingerprint density at radius 2 is 2.27 bits per heavy atom. The third-order valence-electron chi connectivity index (χ3n) is 2.09. The summed E-state index contributed by atoms with van der Waals surface area (Å²) in [6, 6.07) is 1.61. The molecule has 0 unspecified atom stereocenters. The average Bonchev–Trinajstić information content (AvgIpc) is 2.67. The van der Waals surface area contributed by atoms with E-state index in [2.05, 4.69) is 15.1 Å². The molecule has 5 heteroatoms. The minimum atomic E-state index is -0.242. The van der Waals surface area contributed by atoms with Crippen LogP contribution in [0.4, 0.5) is 0 Å². The molecule has 0 saturated carbocycles. The number of pyridine rings is 1. The highest BCUT2D eigenvalue weighted by atomic mass is 16.5. The standard InChI is InChI=1S/C10H12N4O/c1-6-5-12-4-3-8(6)9-13-10(7(2)11)15-14-9/h3-5,7H,11H2,1-2H3/t7-/m0/s1. The van der Waals surface area contributed by atoms with Crippen LogP contribution < -0.4 is 5.73 Å². The molecular weight excluding hydrogens is 192 g/mol. The van der Waals surface area contributed by atoms with Crippen LogP contribution in [0.5, 0.6) is 0 Å². The normalized spacial score (nSPS) is 12.7. The Morgan fingerprint density at radius 1 is 1.47 bits per heavy atom. The molecule has 0 aromatic carbocycles. The van der Waals surface area contributed by atoms with E-state index in [0.29, 0.717) is 11.7 Å². The zero-order valence-electron chi connectivity index (χ0n) is 8.64. The first-order valence-electron chi connectivity index (χ1n) is 4.68. The predicted molar refractivity (Wildman–Crippen MR) is 54.9 cm³/mol. The van der Waals surface area contributed by atoms with Gasteiger partial charge in [0.25, 0.3) is 0 Å². The van der Waals surface area contributed by atoms with Crippen molar-refractivity contribution >= 4 is 0 Å². The highest BCUT2D eigenvalue weighted by Gasteiger charge is 2.12. The molecule has 0 radical (unpaired) electrons. The van der Waals surface area contributed by atoms with Crippen molar-refractivity contribution in [3.8, 4) is 11.4 Å². The Morgan fingerprint density at radius 3 is 2.87 bits per heavy atom. The minimum Gasteiger partial charge on any atom is -0.337 e. The van der Waals surface area contributed by atoms with Gasteiger partial charge < -0.3 is 10.3 Å². The molecule has 2 aromatic heterocycles. The lowest BCUT2D eigenvalue weighted by Crippen LogP contribution is -2.04. The molecule has 0 fully saturated rings. The van der Waals surface area contributed by atoms with Gasteiger partial charge in [0.1, 0.15) is 0 Å². The van der Waals surface area contributed by atoms with Crippen molar-refractivity contribution in [3.63, 3.8) is 0 Å². The summed E-state index contributed by atoms with van der Waals surface area (Å²) in [6.45, 7) is 3.75. The van der Waals surface area contributed by atoms with Crippen LogP contribution in [0.1, 0.15) is 24.4 Å². The van der Waals surface area contributed by atoms with E-state index in [1.807, 2.05) is 13.0 Å². The lowest BCUT2D eigenvalue weighted by Gasteiger charge is -1.97. The van der Waals surface area contributed by atoms with Crippen molar-refractivity contribution in [1.29, 1.82) is 0 Å². The second-order valence-electron chi connectivity index (χ2n) is 3.44. The lowest BCUT2D eigenvalue weighted by atomic mass is 10.1. The van der Waals surface area contributed by atoms with Gasteiger partial charge in [-0.15, -0.1) is 0 Å². The zero-order chi connectivity index (χ0) is 10.8. The van der Waals surface area contributed by atoms with Gasteiger partial charge in [0.05, 0.1) is 6.04 Å². The highest BCUT2D eigenvalue weighted by Crippen LogP contribution is 2.20. The summed E-state index contributed by atoms with van der Waals surface area (Å²) in [4.78, 5) is 8.21. The van der Waals surface area contributed by atoms with Crippen molar-refractivity contribution in [1.82, 2.24) is 15.1 Å². The summed E-state index contributed by atoms with van der Waals surface area (Å²) in [5.41, 5.74) is 7.56. The molecule has 0 bridgehead atoms. The molecule has 0 aliphatic carbocycles. The van der Waals surface area contributed by atoms with Crippen molar-refractivity contribution < 1.29 is 4.52 Å². The first kappa shape index (κ1) is 9.79. The maximum absolute atomic E-state index is 5.63. The van der Waals surface area contributed by atoms with Gasteiger partial charge in [-0.3, -0.25) is 4.98 Å². The summed E-state index contributed by atoms with van der Waals surface area (Å²) >= 11 is 0. The molecule has 2 rings (SSSR count). The van der Waals surface area contributed by atoms with Gasteiger partial charge in [-0.1, -0.05) is 5.16 Å². The largest absolute Gasteiger partial charge is 0.337 e. The quantitative estimate of drug-likeness (QED) is 0.801. The van der Waals surface area contributed by atoms with E-state index in [1.165, 1.54) is 0 Å². The molecule has 78 valence electrons. The Kier molecular flexibility index (Phi) is 2.47. The summed E-state index contributed by atoms with van der Waals surface area (Å²) in [6.07, 6.45) is 3.46. The van der Waals surface area contributed by atoms with Crippen LogP contribution in [-0.4, -0.2) is 15.1 Å². The van der Waals surface area contributed by atoms with Crippen molar-refractivity contribution in [2.24, 2.45) is 5.73 Å². The molecular formula is C10H12N4O. The molecule has 2 heterocycles. The van der Waals surface area contributed by atoms with Crippen LogP contribution in [0.2, 0.25) is 0 Å². The Bertz CT molecular complexity index is 464. The average molecular weight is 204 g/mol. The van der Waals surface area contributed by atoms with Crippen LogP contribution >= 0.6 is 0 Å². The van der Waals surface area contributed by atoms with Crippen LogP contribution in [0.25, 0.3) is 11.4 Å². The second-order valence-corrected chi connectivity index (χ2v) is 3.44. The number of hydrogen-bond donors (Lipinski definition) is 1. The molecule has 15 heavy (non-hydrogen) atoms. The smallest absolute Gasteiger partial charge is 0.243 e. The Hall–Kier alpha value is -1.75. The molecule has 0 saturated heterocycles. The SMILES string of the molecule is Cc1cnccc1-c1noc([C@H](C)N)n1. The van der Waals surface area contributed by atoms with E-state index in [9.17, 15) is 0 Å². The molecule has 0 aliphatic heterocycles. The zero-order valence-corrected chi connectivity index (χ0v) is 8.64. The van der Waals surface area contributed by atoms with E-state index in [-0.39, 0.29) is 6.04 Å². The molecule has 5 nitrogen and oxygen atoms in total. The minimum absolute atomic E-state index is 0.242. The molecule has 1 atom stereocenters. The van der Waals surface area contributed by atoms with E-state index in [1.54, 1.807) is 19.3 Å². The van der Waals surface area contributed by atoms with Gasteiger partial charge in [0.2, 0.25) is 11.7 Å². The summed E-state index contributed by atoms with van der Waals surface area (Å²) in [5, 5.41) is 3.87.